The zero-order valence-corrected chi connectivity index (χ0v) is 13.0. The molecule has 2 aromatic rings. The molecule has 1 aliphatic carbocycles. The Hall–Kier alpha value is -2.63. The minimum atomic E-state index is -2.92. The number of nitrogens with one attached hydrogen (secondary N) is 1. The van der Waals surface area contributed by atoms with Gasteiger partial charge in [0.25, 0.3) is 5.91 Å². The van der Waals surface area contributed by atoms with Crippen molar-refractivity contribution in [3.63, 3.8) is 0 Å². The predicted molar refractivity (Wildman–Crippen MR) is 87.1 cm³/mol. The number of nitrogen functional groups attached to an aromatic ring is 1. The molecule has 0 heterocycles. The SMILES string of the molecule is Nc1ccc2c(c1)CCCC2NC(=O)c1cccc(OC(F)F)c1. The molecule has 2 aromatic carbocycles. The molecule has 0 aliphatic heterocycles. The van der Waals surface area contributed by atoms with E-state index in [0.717, 1.165) is 30.4 Å². The summed E-state index contributed by atoms with van der Waals surface area (Å²) in [4.78, 5) is 12.4. The number of hydrogen-bond donors (Lipinski definition) is 2. The number of rotatable bonds is 4. The number of halogens is 2. The van der Waals surface area contributed by atoms with E-state index in [1.807, 2.05) is 18.2 Å². The third kappa shape index (κ3) is 3.64. The molecule has 6 heteroatoms. The summed E-state index contributed by atoms with van der Waals surface area (Å²) in [6.45, 7) is -2.92. The van der Waals surface area contributed by atoms with Gasteiger partial charge in [-0.1, -0.05) is 12.1 Å². The van der Waals surface area contributed by atoms with E-state index in [0.29, 0.717) is 5.69 Å². The van der Waals surface area contributed by atoms with Crippen molar-refractivity contribution in [1.29, 1.82) is 0 Å². The summed E-state index contributed by atoms with van der Waals surface area (Å²) < 4.78 is 28.9. The maximum atomic E-state index is 12.4. The number of ether oxygens (including phenoxy) is 1. The van der Waals surface area contributed by atoms with Gasteiger partial charge in [0.1, 0.15) is 5.75 Å². The summed E-state index contributed by atoms with van der Waals surface area (Å²) >= 11 is 0. The number of hydrogen-bond acceptors (Lipinski definition) is 3. The largest absolute Gasteiger partial charge is 0.435 e. The van der Waals surface area contributed by atoms with Crippen LogP contribution in [-0.2, 0) is 6.42 Å². The van der Waals surface area contributed by atoms with Crippen molar-refractivity contribution in [2.45, 2.75) is 31.9 Å². The Morgan fingerprint density at radius 2 is 2.08 bits per heavy atom. The minimum absolute atomic E-state index is 0.0329. The maximum Gasteiger partial charge on any atom is 0.387 e. The van der Waals surface area contributed by atoms with E-state index in [9.17, 15) is 13.6 Å². The van der Waals surface area contributed by atoms with E-state index in [4.69, 9.17) is 5.73 Å². The summed E-state index contributed by atoms with van der Waals surface area (Å²) in [5.41, 5.74) is 9.01. The molecule has 0 saturated carbocycles. The van der Waals surface area contributed by atoms with Crippen LogP contribution in [0.1, 0.15) is 40.4 Å². The van der Waals surface area contributed by atoms with E-state index in [-0.39, 0.29) is 23.3 Å². The number of benzene rings is 2. The van der Waals surface area contributed by atoms with Crippen LogP contribution in [0.25, 0.3) is 0 Å². The van der Waals surface area contributed by atoms with Crippen molar-refractivity contribution >= 4 is 11.6 Å². The molecule has 1 atom stereocenters. The fourth-order valence-electron chi connectivity index (χ4n) is 3.04. The smallest absolute Gasteiger partial charge is 0.387 e. The third-order valence-electron chi connectivity index (χ3n) is 4.11. The lowest BCUT2D eigenvalue weighted by Gasteiger charge is -2.26. The zero-order valence-electron chi connectivity index (χ0n) is 13.0. The second-order valence-corrected chi connectivity index (χ2v) is 5.78. The summed E-state index contributed by atoms with van der Waals surface area (Å²) in [5, 5.41) is 2.97. The van der Waals surface area contributed by atoms with Gasteiger partial charge in [0.15, 0.2) is 0 Å². The normalized spacial score (nSPS) is 16.5. The van der Waals surface area contributed by atoms with E-state index in [1.54, 1.807) is 6.07 Å². The fraction of sp³-hybridized carbons (Fsp3) is 0.278. The summed E-state index contributed by atoms with van der Waals surface area (Å²) in [5.74, 6) is -0.348. The van der Waals surface area contributed by atoms with Crippen molar-refractivity contribution in [2.75, 3.05) is 5.73 Å². The highest BCUT2D eigenvalue weighted by molar-refractivity contribution is 5.94. The third-order valence-corrected chi connectivity index (χ3v) is 4.11. The van der Waals surface area contributed by atoms with E-state index in [2.05, 4.69) is 10.1 Å². The highest BCUT2D eigenvalue weighted by Gasteiger charge is 2.22. The number of carbonyl (C=O) groups is 1. The molecule has 1 unspecified atom stereocenters. The second kappa shape index (κ2) is 6.86. The van der Waals surface area contributed by atoms with Crippen molar-refractivity contribution < 1.29 is 18.3 Å². The first kappa shape index (κ1) is 16.2. The quantitative estimate of drug-likeness (QED) is 0.840. The van der Waals surface area contributed by atoms with Crippen LogP contribution in [0.2, 0.25) is 0 Å². The lowest BCUT2D eigenvalue weighted by atomic mass is 9.87. The molecule has 0 bridgehead atoms. The standard InChI is InChI=1S/C18H18F2N2O2/c19-18(20)24-14-5-1-4-12(10-14)17(23)22-16-6-2-3-11-9-13(21)7-8-15(11)16/h1,4-5,7-10,16,18H,2-3,6,21H2,(H,22,23). The van der Waals surface area contributed by atoms with Crippen LogP contribution in [0.4, 0.5) is 14.5 Å². The van der Waals surface area contributed by atoms with E-state index >= 15 is 0 Å². The Kier molecular flexibility index (Phi) is 4.64. The Bertz CT molecular complexity index is 750. The molecule has 126 valence electrons. The summed E-state index contributed by atoms with van der Waals surface area (Å²) in [7, 11) is 0. The molecule has 3 N–H and O–H groups in total. The van der Waals surface area contributed by atoms with Gasteiger partial charge in [-0.05, 0) is 60.7 Å². The Balaban J connectivity index is 1.76. The molecule has 0 radical (unpaired) electrons. The number of carbonyl (C=O) groups excluding carboxylic acids is 1. The van der Waals surface area contributed by atoms with Gasteiger partial charge in [-0.3, -0.25) is 4.79 Å². The van der Waals surface area contributed by atoms with E-state index < -0.39 is 6.61 Å². The summed E-state index contributed by atoms with van der Waals surface area (Å²) in [6, 6.07) is 11.4. The average Bonchev–Trinajstić information content (AvgIpc) is 2.54. The predicted octanol–water partition coefficient (Wildman–Crippen LogP) is 3.68. The van der Waals surface area contributed by atoms with Crippen molar-refractivity contribution in [3.05, 3.63) is 59.2 Å². The molecule has 0 aromatic heterocycles. The van der Waals surface area contributed by atoms with Crippen LogP contribution < -0.4 is 15.8 Å². The monoisotopic (exact) mass is 332 g/mol. The molecule has 1 aliphatic rings. The van der Waals surface area contributed by atoms with E-state index in [1.165, 1.54) is 18.2 Å². The fourth-order valence-corrected chi connectivity index (χ4v) is 3.04. The molecule has 4 nitrogen and oxygen atoms in total. The molecule has 0 spiro atoms. The van der Waals surface area contributed by atoms with Gasteiger partial charge < -0.3 is 15.8 Å². The van der Waals surface area contributed by atoms with Gasteiger partial charge in [0.05, 0.1) is 6.04 Å². The maximum absolute atomic E-state index is 12.4. The van der Waals surface area contributed by atoms with Gasteiger partial charge in [-0.25, -0.2) is 0 Å². The summed E-state index contributed by atoms with van der Waals surface area (Å²) in [6.07, 6.45) is 2.72. The highest BCUT2D eigenvalue weighted by Crippen LogP contribution is 2.31. The molecule has 0 fully saturated rings. The average molecular weight is 332 g/mol. The Morgan fingerprint density at radius 1 is 1.25 bits per heavy atom. The molecular formula is C18H18F2N2O2. The lowest BCUT2D eigenvalue weighted by Crippen LogP contribution is -2.31. The highest BCUT2D eigenvalue weighted by atomic mass is 19.3. The number of amides is 1. The number of alkyl halides is 2. The second-order valence-electron chi connectivity index (χ2n) is 5.78. The van der Waals surface area contributed by atoms with Gasteiger partial charge >= 0.3 is 6.61 Å². The van der Waals surface area contributed by atoms with Gasteiger partial charge in [0, 0.05) is 11.3 Å². The molecule has 3 rings (SSSR count). The lowest BCUT2D eigenvalue weighted by molar-refractivity contribution is -0.0498. The number of nitrogens with two attached hydrogens (primary N) is 1. The Labute approximate surface area is 138 Å². The molecule has 1 amide bonds. The molecule has 24 heavy (non-hydrogen) atoms. The molecular weight excluding hydrogens is 314 g/mol. The Morgan fingerprint density at radius 3 is 2.88 bits per heavy atom. The number of aryl methyl sites for hydroxylation is 1. The van der Waals surface area contributed by atoms with Crippen LogP contribution in [0.5, 0.6) is 5.75 Å². The first-order chi connectivity index (χ1) is 11.5. The topological polar surface area (TPSA) is 64.3 Å². The van der Waals surface area contributed by atoms with Gasteiger partial charge in [-0.15, -0.1) is 0 Å². The van der Waals surface area contributed by atoms with Crippen LogP contribution in [0, 0.1) is 0 Å². The van der Waals surface area contributed by atoms with Gasteiger partial charge in [0.2, 0.25) is 0 Å². The zero-order chi connectivity index (χ0) is 17.1. The van der Waals surface area contributed by atoms with Gasteiger partial charge in [-0.2, -0.15) is 8.78 Å². The van der Waals surface area contributed by atoms with Crippen LogP contribution in [0.3, 0.4) is 0 Å². The first-order valence-corrected chi connectivity index (χ1v) is 7.77. The van der Waals surface area contributed by atoms with Crippen molar-refractivity contribution in [1.82, 2.24) is 5.32 Å². The van der Waals surface area contributed by atoms with Crippen LogP contribution in [0.15, 0.2) is 42.5 Å². The number of fused-ring (bicyclic) bond motifs is 1. The van der Waals surface area contributed by atoms with Crippen molar-refractivity contribution in [2.24, 2.45) is 0 Å². The van der Waals surface area contributed by atoms with Crippen molar-refractivity contribution in [3.8, 4) is 5.75 Å². The van der Waals surface area contributed by atoms with Crippen LogP contribution in [-0.4, -0.2) is 12.5 Å². The van der Waals surface area contributed by atoms with Crippen LogP contribution >= 0.6 is 0 Å². The molecule has 0 saturated heterocycles. The minimum Gasteiger partial charge on any atom is -0.435 e. The number of anilines is 1. The first-order valence-electron chi connectivity index (χ1n) is 7.77.